The maximum absolute atomic E-state index is 12.8. The Labute approximate surface area is 108 Å². The lowest BCUT2D eigenvalue weighted by molar-refractivity contribution is 0.0898. The molecule has 1 amide bonds. The lowest BCUT2D eigenvalue weighted by Crippen LogP contribution is -2.28. The van der Waals surface area contributed by atoms with Crippen LogP contribution in [0.2, 0.25) is 0 Å². The summed E-state index contributed by atoms with van der Waals surface area (Å²) >= 11 is 0. The molecule has 6 heteroatoms. The van der Waals surface area contributed by atoms with Crippen molar-refractivity contribution in [3.63, 3.8) is 0 Å². The van der Waals surface area contributed by atoms with Crippen LogP contribution in [-0.2, 0) is 0 Å². The van der Waals surface area contributed by atoms with E-state index in [1.165, 1.54) is 12.3 Å². The molecule has 1 unspecified atom stereocenters. The highest BCUT2D eigenvalue weighted by Crippen LogP contribution is 2.18. The Morgan fingerprint density at radius 2 is 2.21 bits per heavy atom. The van der Waals surface area contributed by atoms with Crippen molar-refractivity contribution in [2.45, 2.75) is 6.10 Å². The number of aliphatic hydroxyl groups excluding tert-OH is 1. The van der Waals surface area contributed by atoms with Crippen LogP contribution in [0, 0.1) is 5.82 Å². The Bertz CT molecular complexity index is 568. The van der Waals surface area contributed by atoms with E-state index in [4.69, 9.17) is 4.42 Å². The highest BCUT2D eigenvalue weighted by atomic mass is 19.1. The van der Waals surface area contributed by atoms with Crippen LogP contribution in [0.4, 0.5) is 4.39 Å². The number of carbonyl (C=O) groups excluding carboxylic acids is 1. The van der Waals surface area contributed by atoms with Crippen molar-refractivity contribution in [3.05, 3.63) is 53.7 Å². The van der Waals surface area contributed by atoms with E-state index in [2.05, 4.69) is 5.32 Å². The third-order valence-corrected chi connectivity index (χ3v) is 2.53. The van der Waals surface area contributed by atoms with Gasteiger partial charge in [-0.05, 0) is 24.3 Å². The van der Waals surface area contributed by atoms with Crippen LogP contribution < -0.4 is 5.32 Å². The Kier molecular flexibility index (Phi) is 3.82. The highest BCUT2D eigenvalue weighted by molar-refractivity contribution is 5.96. The third kappa shape index (κ3) is 3.11. The fraction of sp³-hybridized carbons (Fsp3) is 0.154. The minimum Gasteiger partial charge on any atom is -0.507 e. The average Bonchev–Trinajstić information content (AvgIpc) is 2.89. The Hall–Kier alpha value is -2.34. The van der Waals surface area contributed by atoms with E-state index in [0.717, 1.165) is 12.1 Å². The summed E-state index contributed by atoms with van der Waals surface area (Å²) in [5, 5.41) is 21.5. The summed E-state index contributed by atoms with van der Waals surface area (Å²) in [6.07, 6.45) is 0.424. The molecule has 0 saturated carbocycles. The predicted molar refractivity (Wildman–Crippen MR) is 64.1 cm³/mol. The quantitative estimate of drug-likeness (QED) is 0.784. The molecule has 5 nitrogen and oxygen atoms in total. The van der Waals surface area contributed by atoms with Crippen LogP contribution in [0.15, 0.2) is 41.0 Å². The number of halogens is 1. The summed E-state index contributed by atoms with van der Waals surface area (Å²) in [5.41, 5.74) is -0.0620. The molecule has 0 saturated heterocycles. The molecule has 0 fully saturated rings. The maximum Gasteiger partial charge on any atom is 0.255 e. The van der Waals surface area contributed by atoms with E-state index in [0.29, 0.717) is 5.76 Å². The molecule has 19 heavy (non-hydrogen) atoms. The molecule has 0 aliphatic carbocycles. The van der Waals surface area contributed by atoms with Crippen molar-refractivity contribution in [1.82, 2.24) is 5.32 Å². The third-order valence-electron chi connectivity index (χ3n) is 2.53. The Morgan fingerprint density at radius 3 is 2.84 bits per heavy atom. The first kappa shape index (κ1) is 13.1. The monoisotopic (exact) mass is 265 g/mol. The summed E-state index contributed by atoms with van der Waals surface area (Å²) in [7, 11) is 0. The van der Waals surface area contributed by atoms with Gasteiger partial charge in [0.15, 0.2) is 0 Å². The van der Waals surface area contributed by atoms with Crippen molar-refractivity contribution in [3.8, 4) is 5.75 Å². The molecule has 1 atom stereocenters. The summed E-state index contributed by atoms with van der Waals surface area (Å²) in [5.74, 6) is -1.37. The highest BCUT2D eigenvalue weighted by Gasteiger charge is 2.15. The number of phenols is 1. The van der Waals surface area contributed by atoms with Gasteiger partial charge in [-0.15, -0.1) is 0 Å². The first-order chi connectivity index (χ1) is 9.08. The molecule has 0 bridgehead atoms. The fourth-order valence-electron chi connectivity index (χ4n) is 1.56. The topological polar surface area (TPSA) is 82.7 Å². The fourth-order valence-corrected chi connectivity index (χ4v) is 1.56. The van der Waals surface area contributed by atoms with E-state index in [-0.39, 0.29) is 12.1 Å². The number of phenolic OH excluding ortho intramolecular Hbond substituents is 1. The van der Waals surface area contributed by atoms with Crippen LogP contribution in [0.3, 0.4) is 0 Å². The number of amides is 1. The number of furan rings is 1. The van der Waals surface area contributed by atoms with Crippen LogP contribution >= 0.6 is 0 Å². The molecular formula is C13H12FNO4. The zero-order valence-electron chi connectivity index (χ0n) is 9.84. The molecule has 1 heterocycles. The van der Waals surface area contributed by atoms with E-state index in [1.807, 2.05) is 0 Å². The molecule has 100 valence electrons. The number of hydrogen-bond acceptors (Lipinski definition) is 4. The van der Waals surface area contributed by atoms with Gasteiger partial charge in [-0.2, -0.15) is 0 Å². The van der Waals surface area contributed by atoms with Gasteiger partial charge in [-0.1, -0.05) is 0 Å². The first-order valence-corrected chi connectivity index (χ1v) is 5.56. The zero-order chi connectivity index (χ0) is 13.8. The molecule has 2 aromatic rings. The number of rotatable bonds is 4. The van der Waals surface area contributed by atoms with E-state index in [9.17, 15) is 19.4 Å². The predicted octanol–water partition coefficient (Wildman–Crippen LogP) is 1.59. The smallest absolute Gasteiger partial charge is 0.255 e. The summed E-state index contributed by atoms with van der Waals surface area (Å²) in [6.45, 7) is -0.0802. The lowest BCUT2D eigenvalue weighted by Gasteiger charge is -2.10. The van der Waals surface area contributed by atoms with E-state index < -0.39 is 23.6 Å². The molecule has 0 spiro atoms. The van der Waals surface area contributed by atoms with Gasteiger partial charge >= 0.3 is 0 Å². The maximum atomic E-state index is 12.8. The van der Waals surface area contributed by atoms with Gasteiger partial charge in [0.05, 0.1) is 18.4 Å². The summed E-state index contributed by atoms with van der Waals surface area (Å²) in [4.78, 5) is 11.7. The van der Waals surface area contributed by atoms with Gasteiger partial charge in [0.1, 0.15) is 23.4 Å². The van der Waals surface area contributed by atoms with Crippen molar-refractivity contribution in [2.24, 2.45) is 0 Å². The average molecular weight is 265 g/mol. The first-order valence-electron chi connectivity index (χ1n) is 5.56. The minimum atomic E-state index is -0.985. The number of carbonyl (C=O) groups is 1. The van der Waals surface area contributed by atoms with Crippen LogP contribution in [-0.4, -0.2) is 22.7 Å². The van der Waals surface area contributed by atoms with E-state index in [1.54, 1.807) is 12.1 Å². The molecule has 1 aromatic heterocycles. The summed E-state index contributed by atoms with van der Waals surface area (Å²) < 4.78 is 17.7. The van der Waals surface area contributed by atoms with Gasteiger partial charge in [-0.3, -0.25) is 4.79 Å². The molecular weight excluding hydrogens is 253 g/mol. The lowest BCUT2D eigenvalue weighted by atomic mass is 10.1. The number of benzene rings is 1. The van der Waals surface area contributed by atoms with Crippen molar-refractivity contribution in [2.75, 3.05) is 6.54 Å². The SMILES string of the molecule is O=C(NCC(O)c1ccco1)c1ccc(F)cc1O. The molecule has 0 aliphatic heterocycles. The molecule has 0 aliphatic rings. The van der Waals surface area contributed by atoms with Gasteiger partial charge in [-0.25, -0.2) is 4.39 Å². The second kappa shape index (κ2) is 5.53. The number of hydrogen-bond donors (Lipinski definition) is 3. The van der Waals surface area contributed by atoms with Crippen LogP contribution in [0.25, 0.3) is 0 Å². The van der Waals surface area contributed by atoms with Gasteiger partial charge in [0.2, 0.25) is 0 Å². The van der Waals surface area contributed by atoms with Gasteiger partial charge in [0, 0.05) is 6.07 Å². The molecule has 2 rings (SSSR count). The standard InChI is InChI=1S/C13H12FNO4/c14-8-3-4-9(10(16)6-8)13(18)15-7-11(17)12-2-1-5-19-12/h1-6,11,16-17H,7H2,(H,15,18). The summed E-state index contributed by atoms with van der Waals surface area (Å²) in [6, 6.07) is 6.27. The minimum absolute atomic E-state index is 0.0620. The van der Waals surface area contributed by atoms with E-state index >= 15 is 0 Å². The van der Waals surface area contributed by atoms with Gasteiger partial charge < -0.3 is 19.9 Å². The normalized spacial score (nSPS) is 12.1. The second-order valence-electron chi connectivity index (χ2n) is 3.90. The second-order valence-corrected chi connectivity index (χ2v) is 3.90. The molecule has 3 N–H and O–H groups in total. The largest absolute Gasteiger partial charge is 0.507 e. The zero-order valence-corrected chi connectivity index (χ0v) is 9.84. The molecule has 0 radical (unpaired) electrons. The number of aromatic hydroxyl groups is 1. The van der Waals surface area contributed by atoms with Crippen molar-refractivity contribution in [1.29, 1.82) is 0 Å². The Balaban J connectivity index is 1.98. The van der Waals surface area contributed by atoms with Crippen molar-refractivity contribution >= 4 is 5.91 Å². The van der Waals surface area contributed by atoms with Crippen LogP contribution in [0.1, 0.15) is 22.2 Å². The van der Waals surface area contributed by atoms with Gasteiger partial charge in [0.25, 0.3) is 5.91 Å². The Morgan fingerprint density at radius 1 is 1.42 bits per heavy atom. The van der Waals surface area contributed by atoms with Crippen LogP contribution in [0.5, 0.6) is 5.75 Å². The number of nitrogens with one attached hydrogen (secondary N) is 1. The van der Waals surface area contributed by atoms with Crippen molar-refractivity contribution < 1.29 is 23.8 Å². The molecule has 1 aromatic carbocycles. The number of aliphatic hydroxyl groups is 1.